The van der Waals surface area contributed by atoms with Gasteiger partial charge in [-0.2, -0.15) is 14.0 Å². The van der Waals surface area contributed by atoms with Gasteiger partial charge in [0.1, 0.15) is 11.1 Å². The van der Waals surface area contributed by atoms with E-state index in [0.717, 1.165) is 29.7 Å². The number of carbonyl (C=O) groups excluding carboxylic acids is 1. The van der Waals surface area contributed by atoms with Crippen LogP contribution in [0.15, 0.2) is 6.07 Å². The summed E-state index contributed by atoms with van der Waals surface area (Å²) in [6, 6.07) is 2.07. The standard InChI is InChI=1S/C16H10F4N2O2S/c17-9-4-10(18)14(20)15(13(9)19)24-6-12(23)22-16-8(5-21)7-2-1-3-11(7)25-16/h4H,1-3,6H2,(H,22,23). The maximum Gasteiger partial charge on any atom is 0.262 e. The minimum Gasteiger partial charge on any atom is -0.477 e. The summed E-state index contributed by atoms with van der Waals surface area (Å²) < 4.78 is 57.7. The van der Waals surface area contributed by atoms with Crippen LogP contribution in [0.3, 0.4) is 0 Å². The van der Waals surface area contributed by atoms with Crippen molar-refractivity contribution in [3.05, 3.63) is 45.3 Å². The molecule has 0 bridgehead atoms. The number of nitrogens with one attached hydrogen (secondary N) is 1. The highest BCUT2D eigenvalue weighted by atomic mass is 32.1. The lowest BCUT2D eigenvalue weighted by atomic mass is 10.1. The van der Waals surface area contributed by atoms with Crippen molar-refractivity contribution < 1.29 is 27.1 Å². The number of nitriles is 1. The lowest BCUT2D eigenvalue weighted by Crippen LogP contribution is -2.21. The van der Waals surface area contributed by atoms with E-state index in [1.807, 2.05) is 6.07 Å². The lowest BCUT2D eigenvalue weighted by molar-refractivity contribution is -0.118. The van der Waals surface area contributed by atoms with Crippen molar-refractivity contribution in [1.29, 1.82) is 5.26 Å². The minimum atomic E-state index is -1.72. The largest absolute Gasteiger partial charge is 0.477 e. The molecule has 1 amide bonds. The maximum absolute atomic E-state index is 13.5. The molecule has 0 aliphatic heterocycles. The summed E-state index contributed by atoms with van der Waals surface area (Å²) in [5.41, 5.74) is 1.26. The zero-order chi connectivity index (χ0) is 18.1. The zero-order valence-corrected chi connectivity index (χ0v) is 13.4. The van der Waals surface area contributed by atoms with E-state index in [1.165, 1.54) is 11.3 Å². The number of thiophene rings is 1. The molecule has 1 heterocycles. The van der Waals surface area contributed by atoms with Gasteiger partial charge in [-0.3, -0.25) is 4.79 Å². The van der Waals surface area contributed by atoms with Crippen LogP contribution in [0, 0.1) is 34.6 Å². The van der Waals surface area contributed by atoms with Crippen molar-refractivity contribution in [3.8, 4) is 11.8 Å². The SMILES string of the molecule is N#Cc1c(NC(=O)COc2c(F)c(F)cc(F)c2F)sc2c1CCC2. The summed E-state index contributed by atoms with van der Waals surface area (Å²) >= 11 is 1.26. The third-order valence-electron chi connectivity index (χ3n) is 3.71. The fraction of sp³-hybridized carbons (Fsp3) is 0.250. The Bertz CT molecular complexity index is 879. The van der Waals surface area contributed by atoms with Crippen LogP contribution in [0.4, 0.5) is 22.6 Å². The molecule has 1 aliphatic rings. The number of anilines is 1. The number of aryl methyl sites for hydroxylation is 1. The van der Waals surface area contributed by atoms with Gasteiger partial charge in [0, 0.05) is 10.9 Å². The van der Waals surface area contributed by atoms with Crippen molar-refractivity contribution >= 4 is 22.2 Å². The first-order valence-corrected chi connectivity index (χ1v) is 8.04. The summed E-state index contributed by atoms with van der Waals surface area (Å²) in [6.07, 6.45) is 2.51. The lowest BCUT2D eigenvalue weighted by Gasteiger charge is -2.09. The molecule has 0 fully saturated rings. The molecule has 2 aromatic rings. The molecule has 25 heavy (non-hydrogen) atoms. The number of halogens is 4. The van der Waals surface area contributed by atoms with E-state index in [-0.39, 0.29) is 6.07 Å². The normalized spacial score (nSPS) is 12.6. The molecule has 0 saturated carbocycles. The Morgan fingerprint density at radius 3 is 2.56 bits per heavy atom. The molecule has 1 aromatic heterocycles. The van der Waals surface area contributed by atoms with Gasteiger partial charge in [-0.25, -0.2) is 8.78 Å². The number of ether oxygens (including phenoxy) is 1. The smallest absolute Gasteiger partial charge is 0.262 e. The number of amides is 1. The van der Waals surface area contributed by atoms with E-state index in [4.69, 9.17) is 0 Å². The molecule has 0 saturated heterocycles. The highest BCUT2D eigenvalue weighted by Gasteiger charge is 2.24. The van der Waals surface area contributed by atoms with Gasteiger partial charge < -0.3 is 10.1 Å². The first kappa shape index (κ1) is 17.2. The highest BCUT2D eigenvalue weighted by Crippen LogP contribution is 2.38. The van der Waals surface area contributed by atoms with Crippen molar-refractivity contribution in [3.63, 3.8) is 0 Å². The Hall–Kier alpha value is -2.60. The van der Waals surface area contributed by atoms with Crippen LogP contribution in [0.2, 0.25) is 0 Å². The summed E-state index contributed by atoms with van der Waals surface area (Å²) in [7, 11) is 0. The van der Waals surface area contributed by atoms with Crippen LogP contribution in [0.25, 0.3) is 0 Å². The van der Waals surface area contributed by atoms with Crippen LogP contribution < -0.4 is 10.1 Å². The third-order valence-corrected chi connectivity index (χ3v) is 4.91. The molecule has 0 spiro atoms. The number of benzene rings is 1. The molecule has 1 N–H and O–H groups in total. The molecule has 4 nitrogen and oxygen atoms in total. The number of nitrogens with zero attached hydrogens (tertiary/aromatic N) is 1. The number of fused-ring (bicyclic) bond motifs is 1. The Kier molecular flexibility index (Phi) is 4.63. The molecule has 0 radical (unpaired) electrons. The summed E-state index contributed by atoms with van der Waals surface area (Å²) in [6.45, 7) is -0.871. The van der Waals surface area contributed by atoms with Gasteiger partial charge in [0.05, 0.1) is 5.56 Å². The third kappa shape index (κ3) is 3.17. The Balaban J connectivity index is 1.72. The van der Waals surface area contributed by atoms with E-state index in [9.17, 15) is 27.6 Å². The van der Waals surface area contributed by atoms with E-state index in [1.54, 1.807) is 0 Å². The number of rotatable bonds is 4. The highest BCUT2D eigenvalue weighted by molar-refractivity contribution is 7.16. The Labute approximate surface area is 143 Å². The van der Waals surface area contributed by atoms with E-state index < -0.39 is 41.5 Å². The number of hydrogen-bond acceptors (Lipinski definition) is 4. The number of carbonyl (C=O) groups is 1. The summed E-state index contributed by atoms with van der Waals surface area (Å²) in [5, 5.41) is 12.0. The average Bonchev–Trinajstić information content (AvgIpc) is 3.13. The quantitative estimate of drug-likeness (QED) is 0.660. The molecule has 3 rings (SSSR count). The van der Waals surface area contributed by atoms with E-state index in [0.29, 0.717) is 10.6 Å². The van der Waals surface area contributed by atoms with Crippen LogP contribution >= 0.6 is 11.3 Å². The van der Waals surface area contributed by atoms with Crippen LogP contribution in [0.1, 0.15) is 22.4 Å². The fourth-order valence-corrected chi connectivity index (χ4v) is 3.84. The Morgan fingerprint density at radius 2 is 1.92 bits per heavy atom. The first-order valence-electron chi connectivity index (χ1n) is 7.22. The second kappa shape index (κ2) is 6.72. The Morgan fingerprint density at radius 1 is 1.24 bits per heavy atom. The van der Waals surface area contributed by atoms with Crippen LogP contribution in [0.5, 0.6) is 5.75 Å². The molecule has 130 valence electrons. The average molecular weight is 370 g/mol. The maximum atomic E-state index is 13.5. The topological polar surface area (TPSA) is 62.1 Å². The second-order valence-corrected chi connectivity index (χ2v) is 6.41. The summed E-state index contributed by atoms with van der Waals surface area (Å²) in [4.78, 5) is 12.9. The molecule has 0 atom stereocenters. The van der Waals surface area contributed by atoms with Crippen molar-refractivity contribution in [2.24, 2.45) is 0 Å². The van der Waals surface area contributed by atoms with Gasteiger partial charge in [0.2, 0.25) is 11.6 Å². The van der Waals surface area contributed by atoms with Crippen LogP contribution in [-0.2, 0) is 17.6 Å². The molecule has 1 aliphatic carbocycles. The fourth-order valence-electron chi connectivity index (χ4n) is 2.59. The minimum absolute atomic E-state index is 0.0456. The summed E-state index contributed by atoms with van der Waals surface area (Å²) in [5.74, 6) is -8.81. The van der Waals surface area contributed by atoms with Gasteiger partial charge >= 0.3 is 0 Å². The van der Waals surface area contributed by atoms with E-state index >= 15 is 0 Å². The molecule has 9 heteroatoms. The second-order valence-electron chi connectivity index (χ2n) is 5.31. The van der Waals surface area contributed by atoms with Crippen molar-refractivity contribution in [1.82, 2.24) is 0 Å². The first-order chi connectivity index (χ1) is 11.9. The van der Waals surface area contributed by atoms with Gasteiger partial charge in [-0.15, -0.1) is 11.3 Å². The molecular weight excluding hydrogens is 360 g/mol. The monoisotopic (exact) mass is 370 g/mol. The van der Waals surface area contributed by atoms with Gasteiger partial charge in [0.25, 0.3) is 5.91 Å². The van der Waals surface area contributed by atoms with E-state index in [2.05, 4.69) is 10.1 Å². The number of hydrogen-bond donors (Lipinski definition) is 1. The van der Waals surface area contributed by atoms with Gasteiger partial charge in [0.15, 0.2) is 24.0 Å². The molecule has 0 unspecified atom stereocenters. The van der Waals surface area contributed by atoms with Crippen molar-refractivity contribution in [2.75, 3.05) is 11.9 Å². The zero-order valence-electron chi connectivity index (χ0n) is 12.6. The van der Waals surface area contributed by atoms with Crippen LogP contribution in [-0.4, -0.2) is 12.5 Å². The molecule has 1 aromatic carbocycles. The van der Waals surface area contributed by atoms with Crippen molar-refractivity contribution in [2.45, 2.75) is 19.3 Å². The van der Waals surface area contributed by atoms with Gasteiger partial charge in [-0.1, -0.05) is 0 Å². The predicted octanol–water partition coefficient (Wildman–Crippen LogP) is 3.68. The van der Waals surface area contributed by atoms with Gasteiger partial charge in [-0.05, 0) is 24.8 Å². The predicted molar refractivity (Wildman–Crippen MR) is 81.5 cm³/mol. The molecular formula is C16H10F4N2O2S.